The topological polar surface area (TPSA) is 215 Å². The lowest BCUT2D eigenvalue weighted by Gasteiger charge is -2.32. The molecule has 4 aromatic rings. The standard InChI is InChI=1S/C64H80N6O10/c1-11-13-15-42-17-20-45(21-18-42)46-22-24-47(25-23-46)54(71)38-49(16-14-29-66-61(75)79-63(4,5)6)60(74)70(10)58-48-26-28-57(77-31-12-2)51(37-48)50-34-43(19-27-56(50)78-32-30-67-62(76)80-64(7,8)9)35-53(52-36-44(39-65)40-68-52)69-59(73)41(3)33-55(58)72/h17-28,34,37,40-41,49,53,58H,11-16,29-33,35-36,38H2,1-10H3,(H,66,75)(H,67,76)(H,69,73)/t41-,49-,53+,58+/m1/s1. The maximum absolute atomic E-state index is 15.3. The second-order valence-electron chi connectivity index (χ2n) is 22.7. The summed E-state index contributed by atoms with van der Waals surface area (Å²) in [5, 5.41) is 18.4. The van der Waals surface area contributed by atoms with Crippen molar-refractivity contribution in [3.8, 4) is 39.8 Å². The Bertz CT molecular complexity index is 2950. The number of Topliss-reactive ketones (excluding diaryl/α,β-unsaturated/α-hetero) is 2. The summed E-state index contributed by atoms with van der Waals surface area (Å²) in [7, 11) is 1.54. The Kier molecular flexibility index (Phi) is 21.8. The van der Waals surface area contributed by atoms with E-state index < -0.39 is 64.9 Å². The van der Waals surface area contributed by atoms with Gasteiger partial charge in [0.25, 0.3) is 0 Å². The lowest BCUT2D eigenvalue weighted by atomic mass is 9.87. The van der Waals surface area contributed by atoms with Crippen molar-refractivity contribution < 1.29 is 47.7 Å². The molecule has 0 saturated carbocycles. The Morgan fingerprint density at radius 1 is 0.775 bits per heavy atom. The lowest BCUT2D eigenvalue weighted by molar-refractivity contribution is -0.142. The molecule has 4 atom stereocenters. The van der Waals surface area contributed by atoms with Gasteiger partial charge in [0.1, 0.15) is 35.3 Å². The molecule has 0 fully saturated rings. The quantitative estimate of drug-likeness (QED) is 0.0527. The van der Waals surface area contributed by atoms with Crippen molar-refractivity contribution in [1.29, 1.82) is 5.26 Å². The van der Waals surface area contributed by atoms with Crippen LogP contribution in [0.2, 0.25) is 0 Å². The largest absolute Gasteiger partial charge is 0.493 e. The number of hydrogen-bond donors (Lipinski definition) is 3. The van der Waals surface area contributed by atoms with Gasteiger partial charge in [-0.2, -0.15) is 5.26 Å². The van der Waals surface area contributed by atoms with Crippen molar-refractivity contribution in [2.24, 2.45) is 16.8 Å². The third kappa shape index (κ3) is 17.9. The molecule has 0 unspecified atom stereocenters. The van der Waals surface area contributed by atoms with Crippen LogP contribution in [-0.2, 0) is 36.7 Å². The summed E-state index contributed by atoms with van der Waals surface area (Å²) in [6.45, 7) is 17.1. The molecule has 4 aromatic carbocycles. The summed E-state index contributed by atoms with van der Waals surface area (Å²) in [6, 6.07) is 26.9. The number of amides is 4. The van der Waals surface area contributed by atoms with Crippen LogP contribution >= 0.6 is 0 Å². The van der Waals surface area contributed by atoms with Gasteiger partial charge in [0.2, 0.25) is 11.8 Å². The smallest absolute Gasteiger partial charge is 0.407 e. The second-order valence-corrected chi connectivity index (χ2v) is 22.7. The molecule has 2 heterocycles. The number of alkyl carbamates (subject to hydrolysis) is 2. The van der Waals surface area contributed by atoms with Crippen molar-refractivity contribution in [2.45, 2.75) is 150 Å². The zero-order valence-corrected chi connectivity index (χ0v) is 48.3. The minimum atomic E-state index is -1.26. The summed E-state index contributed by atoms with van der Waals surface area (Å²) in [6.07, 6.45) is 4.73. The molecule has 0 saturated heterocycles. The van der Waals surface area contributed by atoms with Crippen LogP contribution < -0.4 is 25.4 Å². The number of nitrogens with zero attached hydrogens (tertiary/aromatic N) is 3. The van der Waals surface area contributed by atoms with Crippen LogP contribution in [-0.4, -0.2) is 96.8 Å². The van der Waals surface area contributed by atoms with E-state index in [4.69, 9.17) is 18.9 Å². The highest BCUT2D eigenvalue weighted by molar-refractivity contribution is 6.01. The molecule has 4 bridgehead atoms. The van der Waals surface area contributed by atoms with Crippen LogP contribution in [0.15, 0.2) is 102 Å². The van der Waals surface area contributed by atoms with Crippen LogP contribution in [0.4, 0.5) is 9.59 Å². The predicted molar refractivity (Wildman–Crippen MR) is 309 cm³/mol. The maximum atomic E-state index is 15.3. The third-order valence-electron chi connectivity index (χ3n) is 13.7. The van der Waals surface area contributed by atoms with E-state index >= 15 is 9.59 Å². The number of carbonyl (C=O) groups excluding carboxylic acids is 6. The molecule has 6 rings (SSSR count). The molecule has 2 aliphatic heterocycles. The monoisotopic (exact) mass is 1090 g/mol. The number of carbonyl (C=O) groups is 6. The summed E-state index contributed by atoms with van der Waals surface area (Å²) in [5.74, 6) is -2.51. The molecule has 2 aliphatic rings. The molecule has 0 spiro atoms. The Morgan fingerprint density at radius 3 is 2.00 bits per heavy atom. The molecule has 0 aromatic heterocycles. The Hall–Kier alpha value is -7.80. The van der Waals surface area contributed by atoms with Gasteiger partial charge >= 0.3 is 12.2 Å². The van der Waals surface area contributed by atoms with Crippen molar-refractivity contribution in [1.82, 2.24) is 20.9 Å². The molecule has 80 heavy (non-hydrogen) atoms. The fourth-order valence-electron chi connectivity index (χ4n) is 9.61. The predicted octanol–water partition coefficient (Wildman–Crippen LogP) is 11.6. The van der Waals surface area contributed by atoms with Gasteiger partial charge < -0.3 is 39.8 Å². The number of ether oxygens (including phenoxy) is 4. The second kappa shape index (κ2) is 28.4. The number of aliphatic imine (C=N–C) groups is 1. The van der Waals surface area contributed by atoms with Crippen molar-refractivity contribution in [2.75, 3.05) is 33.4 Å². The van der Waals surface area contributed by atoms with Crippen molar-refractivity contribution in [3.05, 3.63) is 119 Å². The highest BCUT2D eigenvalue weighted by atomic mass is 16.6. The van der Waals surface area contributed by atoms with Crippen LogP contribution in [0.5, 0.6) is 11.5 Å². The first kappa shape index (κ1) is 61.4. The molecule has 3 N–H and O–H groups in total. The molecule has 0 radical (unpaired) electrons. The summed E-state index contributed by atoms with van der Waals surface area (Å²) in [5.41, 5.74) is 5.58. The van der Waals surface area contributed by atoms with E-state index in [9.17, 15) is 24.4 Å². The van der Waals surface area contributed by atoms with Gasteiger partial charge in [-0.05, 0) is 132 Å². The van der Waals surface area contributed by atoms with Crippen LogP contribution in [0.25, 0.3) is 22.3 Å². The van der Waals surface area contributed by atoms with Gasteiger partial charge in [-0.15, -0.1) is 0 Å². The molecule has 16 heteroatoms. The van der Waals surface area contributed by atoms with Crippen LogP contribution in [0, 0.1) is 23.2 Å². The van der Waals surface area contributed by atoms with E-state index in [-0.39, 0.29) is 57.6 Å². The van der Waals surface area contributed by atoms with Gasteiger partial charge in [0.05, 0.1) is 30.8 Å². The number of fused-ring (bicyclic) bond motifs is 5. The fourth-order valence-corrected chi connectivity index (χ4v) is 9.61. The van der Waals surface area contributed by atoms with E-state index in [0.29, 0.717) is 64.5 Å². The number of aryl methyl sites for hydroxylation is 1. The van der Waals surface area contributed by atoms with Gasteiger partial charge in [-0.1, -0.05) is 87.9 Å². The minimum Gasteiger partial charge on any atom is -0.493 e. The summed E-state index contributed by atoms with van der Waals surface area (Å²) < 4.78 is 23.7. The Morgan fingerprint density at radius 2 is 1.39 bits per heavy atom. The van der Waals surface area contributed by atoms with Gasteiger partial charge in [0.15, 0.2) is 11.6 Å². The number of ketones is 2. The normalized spacial score (nSPS) is 16.8. The maximum Gasteiger partial charge on any atom is 0.407 e. The van der Waals surface area contributed by atoms with E-state index in [1.807, 2.05) is 37.3 Å². The first-order chi connectivity index (χ1) is 38.1. The zero-order chi connectivity index (χ0) is 58.1. The molecular weight excluding hydrogens is 1010 g/mol. The molecule has 0 aliphatic carbocycles. The Labute approximate surface area is 472 Å². The number of allylic oxidation sites excluding steroid dienone is 1. The number of nitriles is 1. The summed E-state index contributed by atoms with van der Waals surface area (Å²) >= 11 is 0. The highest BCUT2D eigenvalue weighted by Crippen LogP contribution is 2.41. The SMILES string of the molecule is CCCCc1ccc(-c2ccc(C(=O)C[C@@H](CCCNC(=O)OC(C)(C)C)C(=O)N(C)[C@@H]3C(=O)C[C@@H](C)C(=O)N[C@H](C4=NC=C(C#N)C4)Cc4ccc(OCCNC(=O)OC(C)(C)C)c(c4)-c4cc3ccc4OCCC)cc2)cc1. The van der Waals surface area contributed by atoms with Crippen LogP contribution in [0.3, 0.4) is 0 Å². The lowest BCUT2D eigenvalue weighted by Crippen LogP contribution is -2.45. The zero-order valence-electron chi connectivity index (χ0n) is 48.3. The van der Waals surface area contributed by atoms with E-state index in [2.05, 4.69) is 58.2 Å². The van der Waals surface area contributed by atoms with Crippen LogP contribution in [0.1, 0.15) is 147 Å². The van der Waals surface area contributed by atoms with E-state index in [0.717, 1.165) is 36.0 Å². The molecule has 4 amide bonds. The van der Waals surface area contributed by atoms with Crippen molar-refractivity contribution >= 4 is 41.3 Å². The molecular formula is C64H80N6O10. The third-order valence-corrected chi connectivity index (χ3v) is 13.7. The average Bonchev–Trinajstić information content (AvgIpc) is 3.99. The molecule has 16 nitrogen and oxygen atoms in total. The van der Waals surface area contributed by atoms with E-state index in [1.54, 1.807) is 85.8 Å². The molecule has 426 valence electrons. The first-order valence-corrected chi connectivity index (χ1v) is 28.0. The number of benzene rings is 4. The highest BCUT2D eigenvalue weighted by Gasteiger charge is 2.37. The van der Waals surface area contributed by atoms with Crippen molar-refractivity contribution in [3.63, 3.8) is 0 Å². The van der Waals surface area contributed by atoms with E-state index in [1.165, 1.54) is 16.7 Å². The first-order valence-electron chi connectivity index (χ1n) is 28.0. The summed E-state index contributed by atoms with van der Waals surface area (Å²) in [4.78, 5) is 90.4. The number of nitrogens with one attached hydrogen (secondary N) is 3. The number of rotatable bonds is 21. The number of likely N-dealkylation sites (N-methyl/N-ethyl adjacent to an activating group) is 1. The fraction of sp³-hybridized carbons (Fsp3) is 0.469. The average molecular weight is 1090 g/mol. The number of unbranched alkanes of at least 4 members (excludes halogenated alkanes) is 1. The Balaban J connectivity index is 1.39. The minimum absolute atomic E-state index is 0.0509. The number of hydrogen-bond acceptors (Lipinski definition) is 12. The van der Waals surface area contributed by atoms with Gasteiger partial charge in [-0.3, -0.25) is 24.2 Å². The van der Waals surface area contributed by atoms with Gasteiger partial charge in [0, 0.05) is 73.3 Å². The van der Waals surface area contributed by atoms with Gasteiger partial charge in [-0.25, -0.2) is 9.59 Å².